The van der Waals surface area contributed by atoms with Gasteiger partial charge in [0, 0.05) is 26.3 Å². The Hall–Kier alpha value is -1.19. The predicted molar refractivity (Wildman–Crippen MR) is 47.1 cm³/mol. The number of rotatable bonds is 2. The molecule has 13 heavy (non-hydrogen) atoms. The van der Waals surface area contributed by atoms with Crippen molar-refractivity contribution in [3.05, 3.63) is 12.2 Å². The quantitative estimate of drug-likeness (QED) is 0.672. The molecule has 0 aromatic carbocycles. The third-order valence-corrected chi connectivity index (χ3v) is 2.62. The molecule has 4 nitrogen and oxygen atoms in total. The molecular weight excluding hydrogens is 166 g/mol. The molecule has 0 N–H and O–H groups in total. The molecule has 1 saturated carbocycles. The second-order valence-electron chi connectivity index (χ2n) is 3.65. The van der Waals surface area contributed by atoms with Gasteiger partial charge in [-0.25, -0.2) is 4.98 Å². The number of Topliss-reactive ketones (excluding diaryl/α,β-unsaturated/α-hetero) is 1. The lowest BCUT2D eigenvalue weighted by atomic mass is 10.0. The fourth-order valence-corrected chi connectivity index (χ4v) is 1.83. The summed E-state index contributed by atoms with van der Waals surface area (Å²) in [6.45, 7) is 0. The van der Waals surface area contributed by atoms with E-state index in [1.54, 1.807) is 11.0 Å². The Kier molecular flexibility index (Phi) is 2.12. The van der Waals surface area contributed by atoms with E-state index in [2.05, 4.69) is 10.1 Å². The molecule has 2 rings (SSSR count). The Bertz CT molecular complexity index is 318. The molecule has 1 aliphatic carbocycles. The number of nitrogens with zero attached hydrogens (tertiary/aromatic N) is 3. The first-order valence-corrected chi connectivity index (χ1v) is 4.60. The summed E-state index contributed by atoms with van der Waals surface area (Å²) in [5.74, 6) is 1.88. The molecule has 0 saturated heterocycles. The molecule has 0 spiro atoms. The van der Waals surface area contributed by atoms with Crippen molar-refractivity contribution >= 4 is 5.78 Å². The zero-order chi connectivity index (χ0) is 9.26. The molecule has 4 heteroatoms. The van der Waals surface area contributed by atoms with Gasteiger partial charge in [0.1, 0.15) is 17.9 Å². The Morgan fingerprint density at radius 3 is 3.08 bits per heavy atom. The molecule has 0 radical (unpaired) electrons. The van der Waals surface area contributed by atoms with Crippen molar-refractivity contribution in [2.24, 2.45) is 13.0 Å². The summed E-state index contributed by atoms with van der Waals surface area (Å²) in [4.78, 5) is 15.2. The standard InChI is InChI=1S/C9H13N3O/c1-12-9(10-6-11-12)5-7-2-3-8(13)4-7/h6-7H,2-5H2,1H3. The van der Waals surface area contributed by atoms with Crippen LogP contribution in [0.15, 0.2) is 6.33 Å². The molecule has 0 bridgehead atoms. The summed E-state index contributed by atoms with van der Waals surface area (Å²) in [5.41, 5.74) is 0. The van der Waals surface area contributed by atoms with Gasteiger partial charge in [-0.15, -0.1) is 0 Å². The van der Waals surface area contributed by atoms with Crippen LogP contribution in [0, 0.1) is 5.92 Å². The van der Waals surface area contributed by atoms with Crippen molar-refractivity contribution in [2.45, 2.75) is 25.7 Å². The molecule has 1 aromatic rings. The highest BCUT2D eigenvalue weighted by Gasteiger charge is 2.23. The first-order valence-electron chi connectivity index (χ1n) is 4.60. The van der Waals surface area contributed by atoms with Gasteiger partial charge in [0.15, 0.2) is 0 Å². The van der Waals surface area contributed by atoms with Gasteiger partial charge in [-0.1, -0.05) is 0 Å². The van der Waals surface area contributed by atoms with Gasteiger partial charge in [-0.2, -0.15) is 5.10 Å². The van der Waals surface area contributed by atoms with Crippen molar-refractivity contribution in [3.63, 3.8) is 0 Å². The average Bonchev–Trinajstić information content (AvgIpc) is 2.64. The Labute approximate surface area is 77.0 Å². The van der Waals surface area contributed by atoms with Crippen molar-refractivity contribution in [2.75, 3.05) is 0 Å². The van der Waals surface area contributed by atoms with Crippen LogP contribution in [0.25, 0.3) is 0 Å². The minimum atomic E-state index is 0.396. The van der Waals surface area contributed by atoms with Gasteiger partial charge in [0.05, 0.1) is 0 Å². The zero-order valence-electron chi connectivity index (χ0n) is 7.73. The maximum Gasteiger partial charge on any atom is 0.138 e. The van der Waals surface area contributed by atoms with Gasteiger partial charge >= 0.3 is 0 Å². The van der Waals surface area contributed by atoms with Gasteiger partial charge in [-0.3, -0.25) is 9.48 Å². The number of carbonyl (C=O) groups excluding carboxylic acids is 1. The van der Waals surface area contributed by atoms with E-state index in [4.69, 9.17) is 0 Å². The van der Waals surface area contributed by atoms with E-state index in [9.17, 15) is 4.79 Å². The lowest BCUT2D eigenvalue weighted by molar-refractivity contribution is -0.117. The largest absolute Gasteiger partial charge is 0.300 e. The molecule has 1 fully saturated rings. The predicted octanol–water partition coefficient (Wildman–Crippen LogP) is 0.727. The molecule has 1 unspecified atom stereocenters. The van der Waals surface area contributed by atoms with Crippen LogP contribution in [-0.2, 0) is 18.3 Å². The van der Waals surface area contributed by atoms with E-state index < -0.39 is 0 Å². The number of hydrogen-bond acceptors (Lipinski definition) is 3. The van der Waals surface area contributed by atoms with E-state index in [0.717, 1.165) is 31.5 Å². The van der Waals surface area contributed by atoms with Gasteiger partial charge in [0.2, 0.25) is 0 Å². The second-order valence-corrected chi connectivity index (χ2v) is 3.65. The van der Waals surface area contributed by atoms with E-state index in [1.165, 1.54) is 0 Å². The van der Waals surface area contributed by atoms with E-state index in [-0.39, 0.29) is 0 Å². The molecule has 1 heterocycles. The fraction of sp³-hybridized carbons (Fsp3) is 0.667. The van der Waals surface area contributed by atoms with Crippen LogP contribution >= 0.6 is 0 Å². The van der Waals surface area contributed by atoms with E-state index in [0.29, 0.717) is 11.7 Å². The molecular formula is C9H13N3O. The second kappa shape index (κ2) is 3.28. The Morgan fingerprint density at radius 1 is 1.69 bits per heavy atom. The number of carbonyl (C=O) groups is 1. The third-order valence-electron chi connectivity index (χ3n) is 2.62. The summed E-state index contributed by atoms with van der Waals surface area (Å²) >= 11 is 0. The number of aryl methyl sites for hydroxylation is 1. The maximum absolute atomic E-state index is 11.0. The monoisotopic (exact) mass is 179 g/mol. The highest BCUT2D eigenvalue weighted by atomic mass is 16.1. The molecule has 1 atom stereocenters. The zero-order valence-corrected chi connectivity index (χ0v) is 7.73. The smallest absolute Gasteiger partial charge is 0.138 e. The van der Waals surface area contributed by atoms with Crippen molar-refractivity contribution in [1.82, 2.24) is 14.8 Å². The maximum atomic E-state index is 11.0. The topological polar surface area (TPSA) is 47.8 Å². The number of hydrogen-bond donors (Lipinski definition) is 0. The van der Waals surface area contributed by atoms with Crippen LogP contribution < -0.4 is 0 Å². The molecule has 1 aliphatic rings. The van der Waals surface area contributed by atoms with Crippen LogP contribution in [-0.4, -0.2) is 20.5 Å². The fourth-order valence-electron chi connectivity index (χ4n) is 1.83. The molecule has 0 amide bonds. The minimum Gasteiger partial charge on any atom is -0.300 e. The third kappa shape index (κ3) is 1.76. The highest BCUT2D eigenvalue weighted by Crippen LogP contribution is 2.24. The minimum absolute atomic E-state index is 0.396. The molecule has 70 valence electrons. The van der Waals surface area contributed by atoms with Crippen molar-refractivity contribution < 1.29 is 4.79 Å². The number of aromatic nitrogens is 3. The SMILES string of the molecule is Cn1ncnc1CC1CCC(=O)C1. The van der Waals surface area contributed by atoms with Crippen LogP contribution in [0.5, 0.6) is 0 Å². The molecule has 0 aliphatic heterocycles. The van der Waals surface area contributed by atoms with Crippen LogP contribution in [0.4, 0.5) is 0 Å². The highest BCUT2D eigenvalue weighted by molar-refractivity contribution is 5.80. The van der Waals surface area contributed by atoms with Crippen molar-refractivity contribution in [1.29, 1.82) is 0 Å². The Morgan fingerprint density at radius 2 is 2.54 bits per heavy atom. The lowest BCUT2D eigenvalue weighted by Crippen LogP contribution is -2.06. The molecule has 1 aromatic heterocycles. The van der Waals surface area contributed by atoms with Crippen LogP contribution in [0.1, 0.15) is 25.1 Å². The van der Waals surface area contributed by atoms with Crippen LogP contribution in [0.2, 0.25) is 0 Å². The normalized spacial score (nSPS) is 22.5. The first kappa shape index (κ1) is 8.41. The summed E-state index contributed by atoms with van der Waals surface area (Å²) in [7, 11) is 1.89. The summed E-state index contributed by atoms with van der Waals surface area (Å²) < 4.78 is 1.78. The van der Waals surface area contributed by atoms with Gasteiger partial charge < -0.3 is 0 Å². The lowest BCUT2D eigenvalue weighted by Gasteiger charge is -2.05. The first-order chi connectivity index (χ1) is 6.25. The van der Waals surface area contributed by atoms with Gasteiger partial charge in [0.25, 0.3) is 0 Å². The summed E-state index contributed by atoms with van der Waals surface area (Å²) in [6.07, 6.45) is 4.95. The summed E-state index contributed by atoms with van der Waals surface area (Å²) in [6, 6.07) is 0. The Balaban J connectivity index is 1.99. The average molecular weight is 179 g/mol. The van der Waals surface area contributed by atoms with Crippen molar-refractivity contribution in [3.8, 4) is 0 Å². The van der Waals surface area contributed by atoms with E-state index in [1.807, 2.05) is 7.05 Å². The number of ketones is 1. The van der Waals surface area contributed by atoms with Crippen LogP contribution in [0.3, 0.4) is 0 Å². The van der Waals surface area contributed by atoms with Gasteiger partial charge in [-0.05, 0) is 12.3 Å². The van der Waals surface area contributed by atoms with E-state index >= 15 is 0 Å². The summed E-state index contributed by atoms with van der Waals surface area (Å²) in [5, 5.41) is 4.00.